The zero-order valence-corrected chi connectivity index (χ0v) is 13.2. The van der Waals surface area contributed by atoms with Crippen molar-refractivity contribution < 1.29 is 9.59 Å². The van der Waals surface area contributed by atoms with Gasteiger partial charge in [-0.1, -0.05) is 18.7 Å². The van der Waals surface area contributed by atoms with E-state index in [0.29, 0.717) is 30.5 Å². The zero-order valence-electron chi connectivity index (χ0n) is 12.4. The lowest BCUT2D eigenvalue weighted by atomic mass is 10.1. The van der Waals surface area contributed by atoms with Gasteiger partial charge in [-0.2, -0.15) is 0 Å². The minimum absolute atomic E-state index is 0.0367. The molecule has 1 saturated heterocycles. The molecule has 2 rings (SSSR count). The zero-order chi connectivity index (χ0) is 15.2. The molecule has 1 aromatic rings. The molecule has 0 aromatic carbocycles. The molecule has 21 heavy (non-hydrogen) atoms. The van der Waals surface area contributed by atoms with E-state index in [1.807, 2.05) is 13.8 Å². The molecule has 0 unspecified atom stereocenters. The number of thioether (sulfide) groups is 1. The highest BCUT2D eigenvalue weighted by Gasteiger charge is 2.30. The fourth-order valence-electron chi connectivity index (χ4n) is 2.24. The maximum Gasteiger partial charge on any atom is 0.233 e. The fraction of sp³-hybridized carbons (Fsp3) is 0.692. The fourth-order valence-corrected chi connectivity index (χ4v) is 2.96. The Kier molecular flexibility index (Phi) is 5.60. The van der Waals surface area contributed by atoms with Crippen LogP contribution in [0.3, 0.4) is 0 Å². The van der Waals surface area contributed by atoms with E-state index in [0.717, 1.165) is 18.7 Å². The molecular formula is C13H21N5O2S. The molecule has 1 aliphatic heterocycles. The number of carbonyl (C=O) groups is 2. The standard InChI is InChI=1S/C13H21N5O2S/c1-3-10-15-13(17-16-10)21-8-11(19)18-6-5-9(7-18)12(20)14-4-2/h9H,3-8H2,1-2H3,(H,14,20)(H,15,16,17)/t9-/m0/s1. The molecule has 2 heterocycles. The van der Waals surface area contributed by atoms with Gasteiger partial charge < -0.3 is 10.2 Å². The van der Waals surface area contributed by atoms with Crippen molar-refractivity contribution in [1.29, 1.82) is 0 Å². The summed E-state index contributed by atoms with van der Waals surface area (Å²) < 4.78 is 0. The van der Waals surface area contributed by atoms with E-state index in [1.54, 1.807) is 4.90 Å². The number of nitrogens with one attached hydrogen (secondary N) is 2. The predicted molar refractivity (Wildman–Crippen MR) is 79.9 cm³/mol. The van der Waals surface area contributed by atoms with Crippen LogP contribution in [0, 0.1) is 5.92 Å². The summed E-state index contributed by atoms with van der Waals surface area (Å²) in [7, 11) is 0. The Bertz CT molecular complexity index is 505. The molecule has 1 aromatic heterocycles. The highest BCUT2D eigenvalue weighted by Crippen LogP contribution is 2.19. The average Bonchev–Trinajstić information content (AvgIpc) is 3.14. The Morgan fingerprint density at radius 2 is 2.29 bits per heavy atom. The van der Waals surface area contributed by atoms with Crippen LogP contribution in [0.2, 0.25) is 0 Å². The minimum atomic E-state index is -0.0749. The van der Waals surface area contributed by atoms with Crippen molar-refractivity contribution in [2.24, 2.45) is 5.92 Å². The molecule has 1 atom stereocenters. The van der Waals surface area contributed by atoms with E-state index in [-0.39, 0.29) is 17.7 Å². The predicted octanol–water partition coefficient (Wildman–Crippen LogP) is 0.444. The summed E-state index contributed by atoms with van der Waals surface area (Å²) in [5.74, 6) is 1.14. The van der Waals surface area contributed by atoms with Crippen molar-refractivity contribution in [1.82, 2.24) is 25.4 Å². The molecule has 8 heteroatoms. The van der Waals surface area contributed by atoms with Gasteiger partial charge >= 0.3 is 0 Å². The van der Waals surface area contributed by atoms with Crippen LogP contribution in [0.25, 0.3) is 0 Å². The van der Waals surface area contributed by atoms with Crippen LogP contribution in [0.15, 0.2) is 5.16 Å². The number of carbonyl (C=O) groups excluding carboxylic acids is 2. The van der Waals surface area contributed by atoms with E-state index in [9.17, 15) is 9.59 Å². The number of aryl methyl sites for hydroxylation is 1. The Hall–Kier alpha value is -1.57. The van der Waals surface area contributed by atoms with Gasteiger partial charge in [-0.15, -0.1) is 5.10 Å². The number of H-pyrrole nitrogens is 1. The molecule has 2 amide bonds. The summed E-state index contributed by atoms with van der Waals surface area (Å²) in [6, 6.07) is 0. The van der Waals surface area contributed by atoms with Gasteiger partial charge in [0.15, 0.2) is 0 Å². The topological polar surface area (TPSA) is 91.0 Å². The van der Waals surface area contributed by atoms with Crippen LogP contribution in [0.4, 0.5) is 0 Å². The van der Waals surface area contributed by atoms with Gasteiger partial charge in [0.25, 0.3) is 0 Å². The number of aromatic nitrogens is 3. The van der Waals surface area contributed by atoms with Crippen LogP contribution in [-0.2, 0) is 16.0 Å². The van der Waals surface area contributed by atoms with Gasteiger partial charge in [-0.05, 0) is 13.3 Å². The highest BCUT2D eigenvalue weighted by atomic mass is 32.2. The first-order valence-corrected chi connectivity index (χ1v) is 8.22. The van der Waals surface area contributed by atoms with Crippen LogP contribution < -0.4 is 5.32 Å². The van der Waals surface area contributed by atoms with E-state index in [4.69, 9.17) is 0 Å². The van der Waals surface area contributed by atoms with Gasteiger partial charge in [0.1, 0.15) is 5.82 Å². The monoisotopic (exact) mass is 311 g/mol. The molecule has 7 nitrogen and oxygen atoms in total. The van der Waals surface area contributed by atoms with Crippen molar-refractivity contribution >= 4 is 23.6 Å². The van der Waals surface area contributed by atoms with Crippen LogP contribution in [0.5, 0.6) is 0 Å². The lowest BCUT2D eigenvalue weighted by Crippen LogP contribution is -2.35. The average molecular weight is 311 g/mol. The third-order valence-electron chi connectivity index (χ3n) is 3.43. The minimum Gasteiger partial charge on any atom is -0.356 e. The van der Waals surface area contributed by atoms with Crippen molar-refractivity contribution in [2.75, 3.05) is 25.4 Å². The summed E-state index contributed by atoms with van der Waals surface area (Å²) >= 11 is 1.33. The maximum atomic E-state index is 12.1. The van der Waals surface area contributed by atoms with Gasteiger partial charge in [-0.3, -0.25) is 14.7 Å². The summed E-state index contributed by atoms with van der Waals surface area (Å²) in [4.78, 5) is 29.9. The van der Waals surface area contributed by atoms with Gasteiger partial charge in [0.05, 0.1) is 11.7 Å². The summed E-state index contributed by atoms with van der Waals surface area (Å²) in [6.45, 7) is 5.68. The Balaban J connectivity index is 1.78. The number of rotatable bonds is 6. The second-order valence-electron chi connectivity index (χ2n) is 4.93. The van der Waals surface area contributed by atoms with E-state index < -0.39 is 0 Å². The number of amides is 2. The maximum absolute atomic E-state index is 12.1. The first-order valence-electron chi connectivity index (χ1n) is 7.23. The number of nitrogens with zero attached hydrogens (tertiary/aromatic N) is 3. The molecule has 0 aliphatic carbocycles. The summed E-state index contributed by atoms with van der Waals surface area (Å²) in [5.41, 5.74) is 0. The first-order chi connectivity index (χ1) is 10.1. The molecule has 116 valence electrons. The summed E-state index contributed by atoms with van der Waals surface area (Å²) in [6.07, 6.45) is 1.53. The van der Waals surface area contributed by atoms with Crippen molar-refractivity contribution in [2.45, 2.75) is 31.8 Å². The molecule has 0 bridgehead atoms. The molecule has 1 aliphatic rings. The second-order valence-corrected chi connectivity index (χ2v) is 5.87. The van der Waals surface area contributed by atoms with Crippen LogP contribution in [0.1, 0.15) is 26.1 Å². The number of hydrogen-bond donors (Lipinski definition) is 2. The highest BCUT2D eigenvalue weighted by molar-refractivity contribution is 7.99. The summed E-state index contributed by atoms with van der Waals surface area (Å²) in [5, 5.41) is 10.3. The third-order valence-corrected chi connectivity index (χ3v) is 4.27. The van der Waals surface area contributed by atoms with E-state index in [2.05, 4.69) is 20.5 Å². The van der Waals surface area contributed by atoms with Crippen molar-refractivity contribution in [3.05, 3.63) is 5.82 Å². The Morgan fingerprint density at radius 1 is 1.48 bits per heavy atom. The molecule has 0 spiro atoms. The van der Waals surface area contributed by atoms with Crippen LogP contribution >= 0.6 is 11.8 Å². The number of likely N-dealkylation sites (tertiary alicyclic amines) is 1. The molecular weight excluding hydrogens is 290 g/mol. The van der Waals surface area contributed by atoms with Crippen LogP contribution in [-0.4, -0.2) is 57.3 Å². The van der Waals surface area contributed by atoms with E-state index in [1.165, 1.54) is 11.8 Å². The van der Waals surface area contributed by atoms with Crippen molar-refractivity contribution in [3.63, 3.8) is 0 Å². The quantitative estimate of drug-likeness (QED) is 0.744. The SMILES string of the molecule is CCNC(=O)[C@H]1CCN(C(=O)CSc2n[nH]c(CC)n2)C1. The third kappa shape index (κ3) is 4.20. The second kappa shape index (κ2) is 7.44. The van der Waals surface area contributed by atoms with Gasteiger partial charge in [0.2, 0.25) is 17.0 Å². The largest absolute Gasteiger partial charge is 0.356 e. The lowest BCUT2D eigenvalue weighted by molar-refractivity contribution is -0.128. The lowest BCUT2D eigenvalue weighted by Gasteiger charge is -2.15. The number of hydrogen-bond acceptors (Lipinski definition) is 5. The Labute approximate surface area is 128 Å². The number of aromatic amines is 1. The molecule has 0 saturated carbocycles. The molecule has 0 radical (unpaired) electrons. The molecule has 2 N–H and O–H groups in total. The Morgan fingerprint density at radius 3 is 2.95 bits per heavy atom. The molecule has 1 fully saturated rings. The first kappa shape index (κ1) is 15.8. The van der Waals surface area contributed by atoms with Gasteiger partial charge in [0, 0.05) is 26.1 Å². The normalized spacial score (nSPS) is 18.0. The smallest absolute Gasteiger partial charge is 0.233 e. The van der Waals surface area contributed by atoms with Crippen molar-refractivity contribution in [3.8, 4) is 0 Å². The van der Waals surface area contributed by atoms with Gasteiger partial charge in [-0.25, -0.2) is 4.98 Å². The van der Waals surface area contributed by atoms with E-state index >= 15 is 0 Å².